The van der Waals surface area contributed by atoms with Crippen molar-refractivity contribution in [3.63, 3.8) is 0 Å². The minimum atomic E-state index is -0.609. The van der Waals surface area contributed by atoms with Gasteiger partial charge in [0, 0.05) is 6.61 Å². The van der Waals surface area contributed by atoms with Gasteiger partial charge in [0.05, 0.1) is 6.61 Å². The Hall–Kier alpha value is -0.610. The second-order valence-corrected chi connectivity index (χ2v) is 2.53. The van der Waals surface area contributed by atoms with E-state index in [4.69, 9.17) is 14.6 Å². The molecule has 1 atom stereocenters. The number of esters is 1. The molecule has 0 aromatic rings. The Morgan fingerprint density at radius 3 is 2.75 bits per heavy atom. The first-order valence-electron chi connectivity index (χ1n) is 4.08. The zero-order valence-electron chi connectivity index (χ0n) is 7.58. The number of aliphatic hydroxyl groups excluding tert-OH is 1. The van der Waals surface area contributed by atoms with Crippen molar-refractivity contribution in [3.8, 4) is 0 Å². The van der Waals surface area contributed by atoms with Gasteiger partial charge in [-0.25, -0.2) is 4.79 Å². The normalized spacial score (nSPS) is 12.6. The van der Waals surface area contributed by atoms with Crippen molar-refractivity contribution in [3.05, 3.63) is 0 Å². The molecule has 0 rings (SSSR count). The molecule has 0 saturated heterocycles. The molecular formula is C8H16O4. The molecule has 4 heteroatoms. The summed E-state index contributed by atoms with van der Waals surface area (Å²) < 4.78 is 9.86. The summed E-state index contributed by atoms with van der Waals surface area (Å²) in [5.41, 5.74) is 0. The molecule has 1 N–H and O–H groups in total. The van der Waals surface area contributed by atoms with Gasteiger partial charge in [0.1, 0.15) is 12.7 Å². The molecule has 0 radical (unpaired) electrons. The number of hydrogen-bond donors (Lipinski definition) is 1. The van der Waals surface area contributed by atoms with Gasteiger partial charge in [-0.3, -0.25) is 0 Å². The summed E-state index contributed by atoms with van der Waals surface area (Å²) >= 11 is 0. The van der Waals surface area contributed by atoms with Crippen LogP contribution in [-0.4, -0.2) is 37.0 Å². The maximum Gasteiger partial charge on any atom is 0.332 e. The third-order valence-electron chi connectivity index (χ3n) is 1.16. The number of carbonyl (C=O) groups excluding carboxylic acids is 1. The lowest BCUT2D eigenvalue weighted by Gasteiger charge is -2.11. The summed E-state index contributed by atoms with van der Waals surface area (Å²) in [6.45, 7) is 4.21. The monoisotopic (exact) mass is 176 g/mol. The zero-order chi connectivity index (χ0) is 9.40. The molecule has 0 amide bonds. The van der Waals surface area contributed by atoms with Crippen LogP contribution in [0.4, 0.5) is 0 Å². The Morgan fingerprint density at radius 1 is 1.58 bits per heavy atom. The quantitative estimate of drug-likeness (QED) is 0.468. The number of rotatable bonds is 6. The van der Waals surface area contributed by atoms with Gasteiger partial charge in [-0.2, -0.15) is 0 Å². The van der Waals surface area contributed by atoms with E-state index < -0.39 is 12.6 Å². The van der Waals surface area contributed by atoms with Gasteiger partial charge in [0.2, 0.25) is 0 Å². The third kappa shape index (κ3) is 6.12. The Kier molecular flexibility index (Phi) is 6.70. The molecule has 0 aromatic carbocycles. The van der Waals surface area contributed by atoms with Crippen molar-refractivity contribution < 1.29 is 19.4 Å². The van der Waals surface area contributed by atoms with Crippen LogP contribution in [0.5, 0.6) is 0 Å². The fourth-order valence-electron chi connectivity index (χ4n) is 0.689. The zero-order valence-corrected chi connectivity index (χ0v) is 7.58. The van der Waals surface area contributed by atoms with Crippen molar-refractivity contribution in [2.45, 2.75) is 26.4 Å². The lowest BCUT2D eigenvalue weighted by Crippen LogP contribution is -2.22. The molecule has 0 aliphatic carbocycles. The van der Waals surface area contributed by atoms with Crippen LogP contribution in [-0.2, 0) is 14.3 Å². The highest BCUT2D eigenvalue weighted by molar-refractivity contribution is 5.70. The summed E-state index contributed by atoms with van der Waals surface area (Å²) in [5.74, 6) is -0.609. The molecule has 0 aliphatic rings. The molecule has 0 heterocycles. The average Bonchev–Trinajstić information content (AvgIpc) is 2.05. The van der Waals surface area contributed by atoms with E-state index in [2.05, 4.69) is 0 Å². The second kappa shape index (κ2) is 7.06. The number of hydrogen-bond acceptors (Lipinski definition) is 4. The van der Waals surface area contributed by atoms with Crippen LogP contribution in [0.15, 0.2) is 0 Å². The second-order valence-electron chi connectivity index (χ2n) is 2.53. The van der Waals surface area contributed by atoms with Crippen LogP contribution in [0.2, 0.25) is 0 Å². The largest absolute Gasteiger partial charge is 0.459 e. The molecule has 0 aliphatic heterocycles. The molecule has 4 nitrogen and oxygen atoms in total. The van der Waals surface area contributed by atoms with E-state index in [1.54, 1.807) is 6.92 Å². The summed E-state index contributed by atoms with van der Waals surface area (Å²) in [7, 11) is 0. The highest BCUT2D eigenvalue weighted by Crippen LogP contribution is 1.93. The average molecular weight is 176 g/mol. The van der Waals surface area contributed by atoms with Crippen molar-refractivity contribution in [2.75, 3.05) is 19.8 Å². The van der Waals surface area contributed by atoms with Gasteiger partial charge in [-0.15, -0.1) is 0 Å². The SMILES string of the molecule is CCCOCC(C)OC(=O)CO. The lowest BCUT2D eigenvalue weighted by molar-refractivity contribution is -0.154. The van der Waals surface area contributed by atoms with E-state index in [0.717, 1.165) is 6.42 Å². The predicted octanol–water partition coefficient (Wildman–Crippen LogP) is 0.337. The van der Waals surface area contributed by atoms with Gasteiger partial charge < -0.3 is 14.6 Å². The number of aliphatic hydroxyl groups is 1. The van der Waals surface area contributed by atoms with E-state index >= 15 is 0 Å². The maximum atomic E-state index is 10.5. The van der Waals surface area contributed by atoms with Crippen molar-refractivity contribution in [1.29, 1.82) is 0 Å². The molecule has 12 heavy (non-hydrogen) atoms. The topological polar surface area (TPSA) is 55.8 Å². The van der Waals surface area contributed by atoms with Crippen LogP contribution in [0, 0.1) is 0 Å². The Morgan fingerprint density at radius 2 is 2.25 bits per heavy atom. The van der Waals surface area contributed by atoms with Crippen LogP contribution in [0.25, 0.3) is 0 Å². The standard InChI is InChI=1S/C8H16O4/c1-3-4-11-6-7(2)12-8(10)5-9/h7,9H,3-6H2,1-2H3. The fourth-order valence-corrected chi connectivity index (χ4v) is 0.689. The van der Waals surface area contributed by atoms with E-state index in [1.807, 2.05) is 6.92 Å². The van der Waals surface area contributed by atoms with Crippen LogP contribution >= 0.6 is 0 Å². The number of carbonyl (C=O) groups is 1. The van der Waals surface area contributed by atoms with Crippen LogP contribution in [0.3, 0.4) is 0 Å². The first-order valence-corrected chi connectivity index (χ1v) is 4.08. The molecular weight excluding hydrogens is 160 g/mol. The molecule has 0 saturated carbocycles. The molecule has 1 unspecified atom stereocenters. The predicted molar refractivity (Wildman–Crippen MR) is 43.7 cm³/mol. The maximum absolute atomic E-state index is 10.5. The Bertz CT molecular complexity index is 124. The minimum absolute atomic E-state index is 0.281. The summed E-state index contributed by atoms with van der Waals surface area (Å²) in [4.78, 5) is 10.5. The van der Waals surface area contributed by atoms with Crippen molar-refractivity contribution >= 4 is 5.97 Å². The summed E-state index contributed by atoms with van der Waals surface area (Å²) in [5, 5.41) is 8.34. The first-order chi connectivity index (χ1) is 5.70. The van der Waals surface area contributed by atoms with Gasteiger partial charge in [0.15, 0.2) is 0 Å². The smallest absolute Gasteiger partial charge is 0.332 e. The molecule has 0 spiro atoms. The van der Waals surface area contributed by atoms with Gasteiger partial charge in [-0.05, 0) is 13.3 Å². The summed E-state index contributed by atoms with van der Waals surface area (Å²) in [6, 6.07) is 0. The van der Waals surface area contributed by atoms with Crippen LogP contribution < -0.4 is 0 Å². The fraction of sp³-hybridized carbons (Fsp3) is 0.875. The molecule has 0 bridgehead atoms. The first kappa shape index (κ1) is 11.4. The van der Waals surface area contributed by atoms with Crippen molar-refractivity contribution in [1.82, 2.24) is 0 Å². The Labute approximate surface area is 72.5 Å². The molecule has 72 valence electrons. The van der Waals surface area contributed by atoms with Crippen LogP contribution in [0.1, 0.15) is 20.3 Å². The van der Waals surface area contributed by atoms with Gasteiger partial charge in [-0.1, -0.05) is 6.92 Å². The third-order valence-corrected chi connectivity index (χ3v) is 1.16. The highest BCUT2D eigenvalue weighted by atomic mass is 16.6. The molecule has 0 fully saturated rings. The highest BCUT2D eigenvalue weighted by Gasteiger charge is 2.07. The van der Waals surface area contributed by atoms with E-state index in [1.165, 1.54) is 0 Å². The van der Waals surface area contributed by atoms with E-state index in [0.29, 0.717) is 13.2 Å². The van der Waals surface area contributed by atoms with Crippen molar-refractivity contribution in [2.24, 2.45) is 0 Å². The molecule has 0 aromatic heterocycles. The van der Waals surface area contributed by atoms with Gasteiger partial charge >= 0.3 is 5.97 Å². The Balaban J connectivity index is 3.32. The minimum Gasteiger partial charge on any atom is -0.459 e. The summed E-state index contributed by atoms with van der Waals surface area (Å²) in [6.07, 6.45) is 0.664. The lowest BCUT2D eigenvalue weighted by atomic mass is 10.4. The van der Waals surface area contributed by atoms with Gasteiger partial charge in [0.25, 0.3) is 0 Å². The number of ether oxygens (including phenoxy) is 2. The van der Waals surface area contributed by atoms with E-state index in [-0.39, 0.29) is 6.10 Å². The van der Waals surface area contributed by atoms with E-state index in [9.17, 15) is 4.79 Å².